The second-order valence-electron chi connectivity index (χ2n) is 3.44. The maximum Gasteiger partial charge on any atom is 0.246 e. The highest BCUT2D eigenvalue weighted by molar-refractivity contribution is 5.80. The lowest BCUT2D eigenvalue weighted by Crippen LogP contribution is -2.29. The summed E-state index contributed by atoms with van der Waals surface area (Å²) in [5.74, 6) is 0.0155. The van der Waals surface area contributed by atoms with Gasteiger partial charge in [0, 0.05) is 24.6 Å². The molecule has 5 nitrogen and oxygen atoms in total. The molecule has 1 N–H and O–H groups in total. The molecule has 0 aromatic rings. The van der Waals surface area contributed by atoms with E-state index in [1.54, 1.807) is 6.08 Å². The molecule has 0 saturated carbocycles. The van der Waals surface area contributed by atoms with Crippen LogP contribution in [0.15, 0.2) is 23.0 Å². The number of carbonyl (C=O) groups excluding carboxylic acids is 1. The molecule has 1 amide bonds. The molecule has 2 aliphatic rings. The fourth-order valence-corrected chi connectivity index (χ4v) is 1.76. The van der Waals surface area contributed by atoms with Crippen molar-refractivity contribution in [3.8, 4) is 0 Å². The molecule has 0 aromatic carbocycles. The number of rotatable bonds is 1. The zero-order valence-corrected chi connectivity index (χ0v) is 7.58. The molecule has 2 rings (SSSR count). The summed E-state index contributed by atoms with van der Waals surface area (Å²) in [4.78, 5) is 21.2. The van der Waals surface area contributed by atoms with Gasteiger partial charge < -0.3 is 5.32 Å². The first-order chi connectivity index (χ1) is 6.66. The summed E-state index contributed by atoms with van der Waals surface area (Å²) < 4.78 is 0. The lowest BCUT2D eigenvalue weighted by atomic mass is 9.94. The van der Waals surface area contributed by atoms with Crippen LogP contribution in [0.25, 0.3) is 0 Å². The van der Waals surface area contributed by atoms with Gasteiger partial charge in [0.2, 0.25) is 11.6 Å². The Bertz CT molecular complexity index is 368. The standard InChI is InChI=1S/C9H10N2O3/c12-9-4-1-6-5-7(11(13)14)2-3-8(6)10-9/h5H,1-4H2,(H,10,12). The van der Waals surface area contributed by atoms with Gasteiger partial charge in [-0.2, -0.15) is 0 Å². The highest BCUT2D eigenvalue weighted by Crippen LogP contribution is 2.28. The minimum Gasteiger partial charge on any atom is -0.329 e. The van der Waals surface area contributed by atoms with E-state index in [9.17, 15) is 14.9 Å². The molecule has 74 valence electrons. The minimum atomic E-state index is -0.347. The molecule has 0 radical (unpaired) electrons. The van der Waals surface area contributed by atoms with Crippen LogP contribution in [0, 0.1) is 10.1 Å². The van der Waals surface area contributed by atoms with E-state index in [-0.39, 0.29) is 16.5 Å². The summed E-state index contributed by atoms with van der Waals surface area (Å²) in [6, 6.07) is 0. The SMILES string of the molecule is O=C1CCC2=C(CCC([N+](=O)[O-])=C2)N1. The predicted octanol–water partition coefficient (Wildman–Crippen LogP) is 1.10. The topological polar surface area (TPSA) is 72.2 Å². The predicted molar refractivity (Wildman–Crippen MR) is 48.7 cm³/mol. The van der Waals surface area contributed by atoms with Crippen LogP contribution in [0.1, 0.15) is 25.7 Å². The maximum absolute atomic E-state index is 11.0. The van der Waals surface area contributed by atoms with Gasteiger partial charge in [-0.15, -0.1) is 0 Å². The normalized spacial score (nSPS) is 21.1. The summed E-state index contributed by atoms with van der Waals surface area (Å²) >= 11 is 0. The molecule has 1 aliphatic carbocycles. The fraction of sp³-hybridized carbons (Fsp3) is 0.444. The Labute approximate surface area is 80.6 Å². The van der Waals surface area contributed by atoms with Crippen LogP contribution in [-0.2, 0) is 4.79 Å². The van der Waals surface area contributed by atoms with Crippen molar-refractivity contribution in [1.29, 1.82) is 0 Å². The number of nitrogens with one attached hydrogen (secondary N) is 1. The first kappa shape index (κ1) is 8.93. The summed E-state index contributed by atoms with van der Waals surface area (Å²) in [6.07, 6.45) is 3.64. The van der Waals surface area contributed by atoms with Gasteiger partial charge in [0.05, 0.1) is 4.92 Å². The Balaban J connectivity index is 2.27. The first-order valence-corrected chi connectivity index (χ1v) is 4.53. The second-order valence-corrected chi connectivity index (χ2v) is 3.44. The highest BCUT2D eigenvalue weighted by atomic mass is 16.6. The molecule has 0 saturated heterocycles. The van der Waals surface area contributed by atoms with Gasteiger partial charge in [-0.25, -0.2) is 0 Å². The zero-order chi connectivity index (χ0) is 10.1. The van der Waals surface area contributed by atoms with E-state index in [1.165, 1.54) is 0 Å². The average Bonchev–Trinajstić information content (AvgIpc) is 2.16. The van der Waals surface area contributed by atoms with Crippen molar-refractivity contribution < 1.29 is 9.72 Å². The Kier molecular flexibility index (Phi) is 2.07. The van der Waals surface area contributed by atoms with Gasteiger partial charge in [-0.05, 0) is 18.4 Å². The largest absolute Gasteiger partial charge is 0.329 e. The zero-order valence-electron chi connectivity index (χ0n) is 7.58. The van der Waals surface area contributed by atoms with Crippen LogP contribution in [0.3, 0.4) is 0 Å². The van der Waals surface area contributed by atoms with Gasteiger partial charge in [-0.3, -0.25) is 14.9 Å². The highest BCUT2D eigenvalue weighted by Gasteiger charge is 2.24. The average molecular weight is 194 g/mol. The van der Waals surface area contributed by atoms with Gasteiger partial charge in [0.25, 0.3) is 0 Å². The fourth-order valence-electron chi connectivity index (χ4n) is 1.76. The maximum atomic E-state index is 11.0. The number of carbonyl (C=O) groups is 1. The molecule has 1 aliphatic heterocycles. The molecule has 0 atom stereocenters. The second kappa shape index (κ2) is 3.25. The van der Waals surface area contributed by atoms with Crippen molar-refractivity contribution in [2.75, 3.05) is 0 Å². The summed E-state index contributed by atoms with van der Waals surface area (Å²) in [6.45, 7) is 0. The summed E-state index contributed by atoms with van der Waals surface area (Å²) in [5.41, 5.74) is 2.04. The molecule has 0 fully saturated rings. The van der Waals surface area contributed by atoms with Crippen molar-refractivity contribution in [3.05, 3.63) is 33.2 Å². The number of amides is 1. The number of nitrogens with zero attached hydrogens (tertiary/aromatic N) is 1. The third kappa shape index (κ3) is 1.53. The van der Waals surface area contributed by atoms with Gasteiger partial charge in [0.1, 0.15) is 0 Å². The lowest BCUT2D eigenvalue weighted by molar-refractivity contribution is -0.428. The van der Waals surface area contributed by atoms with E-state index in [2.05, 4.69) is 5.32 Å². The van der Waals surface area contributed by atoms with Crippen LogP contribution in [0.5, 0.6) is 0 Å². The Morgan fingerprint density at radius 1 is 1.29 bits per heavy atom. The van der Waals surface area contributed by atoms with Gasteiger partial charge in [-0.1, -0.05) is 0 Å². The molecule has 0 aromatic heterocycles. The first-order valence-electron chi connectivity index (χ1n) is 4.53. The molecular weight excluding hydrogens is 184 g/mol. The van der Waals surface area contributed by atoms with Crippen molar-refractivity contribution in [3.63, 3.8) is 0 Å². The number of hydrogen-bond acceptors (Lipinski definition) is 3. The van der Waals surface area contributed by atoms with E-state index >= 15 is 0 Å². The molecule has 1 heterocycles. The van der Waals surface area contributed by atoms with Crippen LogP contribution < -0.4 is 5.32 Å². The van der Waals surface area contributed by atoms with E-state index < -0.39 is 0 Å². The molecule has 0 unspecified atom stereocenters. The van der Waals surface area contributed by atoms with Crippen molar-refractivity contribution in [2.45, 2.75) is 25.7 Å². The quantitative estimate of drug-likeness (QED) is 0.502. The Hall–Kier alpha value is -1.65. The number of allylic oxidation sites excluding steroid dienone is 4. The van der Waals surface area contributed by atoms with Crippen LogP contribution in [0.4, 0.5) is 0 Å². The molecule has 0 bridgehead atoms. The van der Waals surface area contributed by atoms with Crippen molar-refractivity contribution in [2.24, 2.45) is 0 Å². The molecule has 5 heteroatoms. The van der Waals surface area contributed by atoms with Gasteiger partial charge in [0.15, 0.2) is 0 Å². The monoisotopic (exact) mass is 194 g/mol. The summed E-state index contributed by atoms with van der Waals surface area (Å²) in [7, 11) is 0. The van der Waals surface area contributed by atoms with Crippen LogP contribution >= 0.6 is 0 Å². The molecular formula is C9H10N2O3. The Morgan fingerprint density at radius 3 is 2.79 bits per heavy atom. The Morgan fingerprint density at radius 2 is 2.07 bits per heavy atom. The third-order valence-corrected chi connectivity index (χ3v) is 2.51. The smallest absolute Gasteiger partial charge is 0.246 e. The number of hydrogen-bond donors (Lipinski definition) is 1. The van der Waals surface area contributed by atoms with Crippen LogP contribution in [0.2, 0.25) is 0 Å². The van der Waals surface area contributed by atoms with Crippen LogP contribution in [-0.4, -0.2) is 10.8 Å². The van der Waals surface area contributed by atoms with Gasteiger partial charge >= 0.3 is 0 Å². The lowest BCUT2D eigenvalue weighted by Gasteiger charge is -2.21. The minimum absolute atomic E-state index is 0.0155. The van der Waals surface area contributed by atoms with E-state index in [0.29, 0.717) is 25.7 Å². The number of nitro groups is 1. The van der Waals surface area contributed by atoms with E-state index in [4.69, 9.17) is 0 Å². The van der Waals surface area contributed by atoms with E-state index in [0.717, 1.165) is 11.3 Å². The molecule has 0 spiro atoms. The molecule has 14 heavy (non-hydrogen) atoms. The van der Waals surface area contributed by atoms with Crippen molar-refractivity contribution >= 4 is 5.91 Å². The summed E-state index contributed by atoms with van der Waals surface area (Å²) in [5, 5.41) is 13.3. The third-order valence-electron chi connectivity index (χ3n) is 2.51. The van der Waals surface area contributed by atoms with Crippen molar-refractivity contribution in [1.82, 2.24) is 5.32 Å². The van der Waals surface area contributed by atoms with E-state index in [1.807, 2.05) is 0 Å².